The fraction of sp³-hybridized carbons (Fsp3) is 0.500. The number of nitrogens with one attached hydrogen (secondary N) is 1. The van der Waals surface area contributed by atoms with Gasteiger partial charge >= 0.3 is 0 Å². The molecule has 0 amide bonds. The van der Waals surface area contributed by atoms with E-state index in [-0.39, 0.29) is 12.1 Å². The third-order valence-corrected chi connectivity index (χ3v) is 7.77. The topological polar surface area (TPSA) is 130 Å². The highest BCUT2D eigenvalue weighted by atomic mass is 32.2. The van der Waals surface area contributed by atoms with Crippen molar-refractivity contribution < 1.29 is 22.6 Å². The molecule has 0 spiro atoms. The Morgan fingerprint density at radius 2 is 1.64 bits per heavy atom. The number of nitrogens with zero attached hydrogens (tertiary/aromatic N) is 5. The number of benzene rings is 1. The van der Waals surface area contributed by atoms with Gasteiger partial charge < -0.3 is 14.2 Å². The van der Waals surface area contributed by atoms with Crippen molar-refractivity contribution in [3.05, 3.63) is 47.8 Å². The zero-order chi connectivity index (χ0) is 26.5. The molecule has 0 unspecified atom stereocenters. The molecule has 36 heavy (non-hydrogen) atoms. The van der Waals surface area contributed by atoms with Crippen molar-refractivity contribution >= 4 is 16.0 Å². The molecule has 0 aliphatic heterocycles. The van der Waals surface area contributed by atoms with Gasteiger partial charge in [0.1, 0.15) is 28.8 Å². The Hall–Kier alpha value is -3.25. The molecule has 0 radical (unpaired) electrons. The Labute approximate surface area is 212 Å². The minimum atomic E-state index is -3.93. The highest BCUT2D eigenvalue weighted by Crippen LogP contribution is 2.36. The van der Waals surface area contributed by atoms with E-state index in [1.165, 1.54) is 14.2 Å². The molecule has 1 aromatic carbocycles. The molecule has 2 aromatic heterocycles. The van der Waals surface area contributed by atoms with E-state index in [2.05, 4.69) is 24.9 Å². The Balaban J connectivity index is 2.06. The van der Waals surface area contributed by atoms with E-state index < -0.39 is 21.2 Å². The number of ether oxygens (including phenoxy) is 3. The van der Waals surface area contributed by atoms with Crippen LogP contribution in [-0.2, 0) is 21.2 Å². The average Bonchev–Trinajstić information content (AvgIpc) is 3.23. The Morgan fingerprint density at radius 3 is 2.19 bits per heavy atom. The summed E-state index contributed by atoms with van der Waals surface area (Å²) < 4.78 is 48.0. The van der Waals surface area contributed by atoms with Crippen LogP contribution in [0.3, 0.4) is 0 Å². The molecule has 3 aromatic rings. The van der Waals surface area contributed by atoms with Gasteiger partial charge in [-0.2, -0.15) is 0 Å². The van der Waals surface area contributed by atoms with Crippen molar-refractivity contribution in [2.45, 2.75) is 58.3 Å². The van der Waals surface area contributed by atoms with Gasteiger partial charge in [-0.05, 0) is 45.4 Å². The minimum absolute atomic E-state index is 0.0142. The minimum Gasteiger partial charge on any atom is -0.494 e. The third kappa shape index (κ3) is 5.93. The number of anilines is 1. The first-order valence-electron chi connectivity index (χ1n) is 11.7. The van der Waals surface area contributed by atoms with Crippen molar-refractivity contribution in [3.63, 3.8) is 0 Å². The predicted molar refractivity (Wildman–Crippen MR) is 136 cm³/mol. The lowest BCUT2D eigenvalue weighted by molar-refractivity contribution is 0.0751. The second-order valence-corrected chi connectivity index (χ2v) is 10.6. The molecule has 2 heterocycles. The summed E-state index contributed by atoms with van der Waals surface area (Å²) in [5.74, 6) is 1.40. The highest BCUT2D eigenvalue weighted by molar-refractivity contribution is 7.93. The van der Waals surface area contributed by atoms with E-state index in [1.807, 2.05) is 20.8 Å². The van der Waals surface area contributed by atoms with Gasteiger partial charge in [0.05, 0.1) is 25.6 Å². The van der Waals surface area contributed by atoms with E-state index in [4.69, 9.17) is 14.2 Å². The van der Waals surface area contributed by atoms with Gasteiger partial charge in [0.25, 0.3) is 0 Å². The molecule has 196 valence electrons. The van der Waals surface area contributed by atoms with Crippen LogP contribution in [0.1, 0.15) is 50.8 Å². The fourth-order valence-electron chi connectivity index (χ4n) is 3.74. The second-order valence-electron chi connectivity index (χ2n) is 8.52. The molecule has 0 aliphatic rings. The van der Waals surface area contributed by atoms with Crippen molar-refractivity contribution in [2.75, 3.05) is 25.5 Å². The number of aromatic nitrogens is 5. The Bertz CT molecular complexity index is 1240. The molecule has 3 rings (SSSR count). The Kier molecular flexibility index (Phi) is 8.85. The maximum atomic E-state index is 13.5. The zero-order valence-electron chi connectivity index (χ0n) is 21.7. The van der Waals surface area contributed by atoms with Crippen LogP contribution in [0, 0.1) is 6.92 Å². The van der Waals surface area contributed by atoms with Gasteiger partial charge in [-0.1, -0.05) is 13.0 Å². The number of methoxy groups -OCH3 is 2. The van der Waals surface area contributed by atoms with Gasteiger partial charge in [0.15, 0.2) is 0 Å². The van der Waals surface area contributed by atoms with Crippen molar-refractivity contribution in [2.24, 2.45) is 0 Å². The number of para-hydroxylation sites is 1. The van der Waals surface area contributed by atoms with Gasteiger partial charge in [-0.15, -0.1) is 10.2 Å². The van der Waals surface area contributed by atoms with Crippen molar-refractivity contribution in [1.29, 1.82) is 0 Å². The third-order valence-electron chi connectivity index (χ3n) is 5.91. The van der Waals surface area contributed by atoms with Crippen LogP contribution in [-0.4, -0.2) is 65.3 Å². The summed E-state index contributed by atoms with van der Waals surface area (Å²) >= 11 is 0. The Morgan fingerprint density at radius 1 is 1.03 bits per heavy atom. The summed E-state index contributed by atoms with van der Waals surface area (Å²) in [5.41, 5.74) is 1.37. The summed E-state index contributed by atoms with van der Waals surface area (Å²) in [6.45, 7) is 9.61. The van der Waals surface area contributed by atoms with Crippen LogP contribution in [0.2, 0.25) is 0 Å². The molecular weight excluding hydrogens is 484 g/mol. The molecular formula is C24H34N6O5S. The number of hydrogen-bond donors (Lipinski definition) is 1. The molecule has 0 aliphatic carbocycles. The van der Waals surface area contributed by atoms with Crippen LogP contribution >= 0.6 is 0 Å². The fourth-order valence-corrected chi connectivity index (χ4v) is 4.97. The van der Waals surface area contributed by atoms with Crippen LogP contribution < -0.4 is 14.2 Å². The van der Waals surface area contributed by atoms with Gasteiger partial charge in [-0.25, -0.2) is 18.4 Å². The summed E-state index contributed by atoms with van der Waals surface area (Å²) in [4.78, 5) is 8.60. The molecule has 3 atom stereocenters. The lowest BCUT2D eigenvalue weighted by Crippen LogP contribution is -2.31. The quantitative estimate of drug-likeness (QED) is 0.384. The summed E-state index contributed by atoms with van der Waals surface area (Å²) in [6, 6.07) is 5.29. The molecule has 0 saturated heterocycles. The SMILES string of the molecule is CCO[C@@H](C)Cc1nnc(NS(=O)(=O)[C@@H](C)[C@H](C)c2ncc(C)cn2)n1-c1c(OC)cccc1OC. The maximum Gasteiger partial charge on any atom is 0.243 e. The lowest BCUT2D eigenvalue weighted by Gasteiger charge is -2.22. The molecule has 1 N–H and O–H groups in total. The molecule has 0 fully saturated rings. The van der Waals surface area contributed by atoms with E-state index in [9.17, 15) is 8.42 Å². The lowest BCUT2D eigenvalue weighted by atomic mass is 10.1. The normalized spacial score (nSPS) is 14.2. The predicted octanol–water partition coefficient (Wildman–Crippen LogP) is 3.28. The summed E-state index contributed by atoms with van der Waals surface area (Å²) in [7, 11) is -0.876. The molecule has 11 nitrogen and oxygen atoms in total. The first-order valence-corrected chi connectivity index (χ1v) is 13.2. The maximum absolute atomic E-state index is 13.5. The summed E-state index contributed by atoms with van der Waals surface area (Å²) in [5, 5.41) is 7.62. The van der Waals surface area contributed by atoms with E-state index in [1.54, 1.807) is 49.0 Å². The first kappa shape index (κ1) is 27.3. The van der Waals surface area contributed by atoms with Crippen LogP contribution in [0.25, 0.3) is 5.69 Å². The molecule has 0 saturated carbocycles. The molecule has 12 heteroatoms. The number of sulfonamides is 1. The molecule has 0 bridgehead atoms. The van der Waals surface area contributed by atoms with Crippen molar-refractivity contribution in [3.8, 4) is 17.2 Å². The zero-order valence-corrected chi connectivity index (χ0v) is 22.5. The van der Waals surface area contributed by atoms with Crippen LogP contribution in [0.4, 0.5) is 5.95 Å². The van der Waals surface area contributed by atoms with Crippen molar-refractivity contribution in [1.82, 2.24) is 24.7 Å². The van der Waals surface area contributed by atoms with Gasteiger partial charge in [0, 0.05) is 31.3 Å². The van der Waals surface area contributed by atoms with Gasteiger partial charge in [0.2, 0.25) is 16.0 Å². The first-order chi connectivity index (χ1) is 17.1. The monoisotopic (exact) mass is 518 g/mol. The van der Waals surface area contributed by atoms with E-state index in [0.29, 0.717) is 41.9 Å². The highest BCUT2D eigenvalue weighted by Gasteiger charge is 2.32. The van der Waals surface area contributed by atoms with Gasteiger partial charge in [-0.3, -0.25) is 9.29 Å². The van der Waals surface area contributed by atoms with Crippen LogP contribution in [0.15, 0.2) is 30.6 Å². The van der Waals surface area contributed by atoms with E-state index >= 15 is 0 Å². The largest absolute Gasteiger partial charge is 0.494 e. The summed E-state index contributed by atoms with van der Waals surface area (Å²) in [6.07, 6.45) is 3.54. The smallest absolute Gasteiger partial charge is 0.243 e. The average molecular weight is 519 g/mol. The standard InChI is InChI=1S/C24H34N6O5S/c1-8-35-16(3)12-21-27-28-24(30(21)22-19(33-6)10-9-11-20(22)34-7)29-36(31,32)18(5)17(4)23-25-13-15(2)14-26-23/h9-11,13-14,16-18H,8,12H2,1-7H3,(H,28,29)/t16-,17-,18-/m0/s1. The number of rotatable bonds is 12. The number of hydrogen-bond acceptors (Lipinski definition) is 9. The number of aryl methyl sites for hydroxylation is 1. The van der Waals surface area contributed by atoms with E-state index in [0.717, 1.165) is 5.56 Å². The second kappa shape index (κ2) is 11.7. The van der Waals surface area contributed by atoms with Crippen LogP contribution in [0.5, 0.6) is 11.5 Å².